The molecule has 0 aliphatic heterocycles. The Morgan fingerprint density at radius 3 is 1.59 bits per heavy atom. The largest absolute Gasteiger partial charge is 0.465 e. The van der Waals surface area contributed by atoms with Gasteiger partial charge < -0.3 is 4.74 Å². The minimum atomic E-state index is -4.64. The summed E-state index contributed by atoms with van der Waals surface area (Å²) in [5.74, 6) is -0.719. The first-order valence-electron chi connectivity index (χ1n) is 10.6. The first-order chi connectivity index (χ1) is 16.4. The lowest BCUT2D eigenvalue weighted by Crippen LogP contribution is -2.33. The summed E-state index contributed by atoms with van der Waals surface area (Å²) >= 11 is 0. The van der Waals surface area contributed by atoms with E-state index < -0.39 is 25.1 Å². The second kappa shape index (κ2) is 9.78. The van der Waals surface area contributed by atoms with Gasteiger partial charge >= 0.3 is 12.1 Å². The lowest BCUT2D eigenvalue weighted by atomic mass is 10.2. The van der Waals surface area contributed by atoms with Gasteiger partial charge in [0.05, 0.1) is 18.4 Å². The number of ether oxygens (including phenoxy) is 1. The third-order valence-electron chi connectivity index (χ3n) is 5.65. The molecule has 3 aromatic carbocycles. The number of nitrogens with zero attached hydrogens (tertiary/aromatic N) is 1. The molecule has 0 bridgehead atoms. The van der Waals surface area contributed by atoms with Gasteiger partial charge in [0.25, 0.3) is 0 Å². The van der Waals surface area contributed by atoms with Crippen LogP contribution in [-0.4, -0.2) is 18.1 Å². The van der Waals surface area contributed by atoms with Gasteiger partial charge in [-0.15, -0.1) is 0 Å². The van der Waals surface area contributed by atoms with Gasteiger partial charge in [-0.05, 0) is 35.3 Å². The first kappa shape index (κ1) is 23.7. The number of benzene rings is 3. The molecule has 1 heterocycles. The van der Waals surface area contributed by atoms with E-state index in [-0.39, 0.29) is 17.4 Å². The third-order valence-corrected chi connectivity index (χ3v) is 9.96. The molecule has 0 saturated heterocycles. The highest BCUT2D eigenvalue weighted by Gasteiger charge is 2.38. The van der Waals surface area contributed by atoms with E-state index in [9.17, 15) is 18.0 Å². The molecular weight excluding hydrogens is 458 g/mol. The van der Waals surface area contributed by atoms with Crippen molar-refractivity contribution in [1.29, 1.82) is 0 Å². The van der Waals surface area contributed by atoms with Gasteiger partial charge in [-0.25, -0.2) is 9.78 Å². The van der Waals surface area contributed by atoms with E-state index in [1.165, 1.54) is 7.11 Å². The Kier molecular flexibility index (Phi) is 6.80. The number of alkyl halides is 3. The molecule has 7 heteroatoms. The average molecular weight is 480 g/mol. The zero-order valence-corrected chi connectivity index (χ0v) is 19.3. The van der Waals surface area contributed by atoms with Crippen LogP contribution >= 0.6 is 7.26 Å². The van der Waals surface area contributed by atoms with E-state index in [4.69, 9.17) is 4.74 Å². The smallest absolute Gasteiger partial charge is 0.433 e. The van der Waals surface area contributed by atoms with Crippen LogP contribution in [0.3, 0.4) is 0 Å². The van der Waals surface area contributed by atoms with Crippen molar-refractivity contribution in [2.45, 2.75) is 12.3 Å². The van der Waals surface area contributed by atoms with E-state index >= 15 is 0 Å². The fourth-order valence-electron chi connectivity index (χ4n) is 4.07. The Morgan fingerprint density at radius 1 is 0.765 bits per heavy atom. The summed E-state index contributed by atoms with van der Waals surface area (Å²) in [5.41, 5.74) is -0.948. The van der Waals surface area contributed by atoms with Crippen LogP contribution in [0.5, 0.6) is 0 Å². The van der Waals surface area contributed by atoms with E-state index in [1.807, 2.05) is 91.0 Å². The Morgan fingerprint density at radius 2 is 1.21 bits per heavy atom. The molecule has 0 spiro atoms. The molecule has 1 aromatic heterocycles. The molecule has 0 atom stereocenters. The van der Waals surface area contributed by atoms with Gasteiger partial charge in [-0.1, -0.05) is 91.0 Å². The minimum Gasteiger partial charge on any atom is -0.465 e. The SMILES string of the molecule is COC(=O)c1ccc(C(F)(F)F)nc1C[P](c1ccccc1)(c1ccccc1)c1ccccc1. The van der Waals surface area contributed by atoms with Crippen molar-refractivity contribution < 1.29 is 22.7 Å². The van der Waals surface area contributed by atoms with Crippen molar-refractivity contribution >= 4 is 29.1 Å². The highest BCUT2D eigenvalue weighted by molar-refractivity contribution is 7.95. The van der Waals surface area contributed by atoms with Crippen LogP contribution in [0.15, 0.2) is 103 Å². The number of halogens is 3. The number of hydrogen-bond acceptors (Lipinski definition) is 3. The van der Waals surface area contributed by atoms with Gasteiger partial charge in [0.2, 0.25) is 0 Å². The second-order valence-corrected chi connectivity index (χ2v) is 11.1. The molecule has 0 aliphatic rings. The number of carbonyl (C=O) groups is 1. The predicted molar refractivity (Wildman–Crippen MR) is 129 cm³/mol. The van der Waals surface area contributed by atoms with E-state index in [1.54, 1.807) is 0 Å². The summed E-state index contributed by atoms with van der Waals surface area (Å²) in [5, 5.41) is 2.92. The lowest BCUT2D eigenvalue weighted by Gasteiger charge is -2.38. The summed E-state index contributed by atoms with van der Waals surface area (Å²) in [6, 6.07) is 31.1. The molecule has 1 radical (unpaired) electrons. The molecule has 34 heavy (non-hydrogen) atoms. The average Bonchev–Trinajstić information content (AvgIpc) is 2.87. The van der Waals surface area contributed by atoms with Gasteiger partial charge in [0, 0.05) is 6.16 Å². The van der Waals surface area contributed by atoms with Crippen LogP contribution in [-0.2, 0) is 17.1 Å². The van der Waals surface area contributed by atoms with E-state index in [0.717, 1.165) is 28.0 Å². The molecule has 4 rings (SSSR count). The van der Waals surface area contributed by atoms with Crippen molar-refractivity contribution in [3.8, 4) is 0 Å². The molecule has 173 valence electrons. The first-order valence-corrected chi connectivity index (χ1v) is 12.5. The Labute approximate surface area is 196 Å². The number of pyridine rings is 1. The van der Waals surface area contributed by atoms with Crippen molar-refractivity contribution in [3.05, 3.63) is 120 Å². The van der Waals surface area contributed by atoms with Crippen LogP contribution in [0.2, 0.25) is 0 Å². The van der Waals surface area contributed by atoms with Crippen LogP contribution < -0.4 is 15.9 Å². The van der Waals surface area contributed by atoms with Gasteiger partial charge in [-0.3, -0.25) is 0 Å². The summed E-state index contributed by atoms with van der Waals surface area (Å²) in [4.78, 5) is 16.5. The van der Waals surface area contributed by atoms with Crippen LogP contribution in [0.4, 0.5) is 13.2 Å². The van der Waals surface area contributed by atoms with E-state index in [2.05, 4.69) is 4.98 Å². The minimum absolute atomic E-state index is 0.0302. The van der Waals surface area contributed by atoms with Crippen molar-refractivity contribution in [2.75, 3.05) is 7.11 Å². The fourth-order valence-corrected chi connectivity index (χ4v) is 8.24. The monoisotopic (exact) mass is 480 g/mol. The molecule has 0 saturated carbocycles. The molecule has 0 N–H and O–H groups in total. The number of aromatic nitrogens is 1. The highest BCUT2D eigenvalue weighted by Crippen LogP contribution is 2.58. The van der Waals surface area contributed by atoms with Crippen LogP contribution in [0.25, 0.3) is 0 Å². The topological polar surface area (TPSA) is 39.2 Å². The maximum Gasteiger partial charge on any atom is 0.433 e. The molecule has 3 nitrogen and oxygen atoms in total. The summed E-state index contributed by atoms with van der Waals surface area (Å²) in [6.45, 7) is 0. The molecule has 0 unspecified atom stereocenters. The molecule has 0 aliphatic carbocycles. The van der Waals surface area contributed by atoms with Crippen LogP contribution in [0, 0.1) is 0 Å². The fraction of sp³-hybridized carbons (Fsp3) is 0.111. The van der Waals surface area contributed by atoms with Gasteiger partial charge in [0.1, 0.15) is 5.69 Å². The van der Waals surface area contributed by atoms with Gasteiger partial charge in [-0.2, -0.15) is 13.2 Å². The van der Waals surface area contributed by atoms with Crippen molar-refractivity contribution in [3.63, 3.8) is 0 Å². The summed E-state index contributed by atoms with van der Waals surface area (Å²) < 4.78 is 45.7. The summed E-state index contributed by atoms with van der Waals surface area (Å²) in [6.07, 6.45) is -4.52. The Balaban J connectivity index is 2.04. The number of methoxy groups -OCH3 is 1. The number of rotatable bonds is 6. The Hall–Kier alpha value is -3.50. The van der Waals surface area contributed by atoms with Crippen molar-refractivity contribution in [1.82, 2.24) is 4.98 Å². The zero-order valence-electron chi connectivity index (χ0n) is 18.4. The van der Waals surface area contributed by atoms with Crippen molar-refractivity contribution in [2.24, 2.45) is 0 Å². The molecule has 0 fully saturated rings. The zero-order chi connectivity index (χ0) is 24.2. The number of esters is 1. The second-order valence-electron chi connectivity index (χ2n) is 7.65. The maximum atomic E-state index is 13.6. The standard InChI is InChI=1S/C27H22F3NO2P/c1-33-26(32)23-17-18-25(27(28,29)30)31-24(23)19-34(20-11-5-2-6-12-20,21-13-7-3-8-14-21)22-15-9-4-10-16-22/h2-18H,19H2,1H3. The number of hydrogen-bond donors (Lipinski definition) is 0. The molecule has 0 amide bonds. The third kappa shape index (κ3) is 4.59. The molecular formula is C27H22F3NO2P. The van der Waals surface area contributed by atoms with Crippen LogP contribution in [0.1, 0.15) is 21.7 Å². The predicted octanol–water partition coefficient (Wildman–Crippen LogP) is 5.38. The Bertz CT molecular complexity index is 1170. The summed E-state index contributed by atoms with van der Waals surface area (Å²) in [7, 11) is -1.36. The maximum absolute atomic E-state index is 13.6. The van der Waals surface area contributed by atoms with Gasteiger partial charge in [0.15, 0.2) is 0 Å². The van der Waals surface area contributed by atoms with E-state index in [0.29, 0.717) is 0 Å². The molecule has 4 aromatic rings. The lowest BCUT2D eigenvalue weighted by molar-refractivity contribution is -0.141. The highest BCUT2D eigenvalue weighted by atomic mass is 31.2. The quantitative estimate of drug-likeness (QED) is 0.275. The number of carbonyl (C=O) groups excluding carboxylic acids is 1. The normalized spacial score (nSPS) is 11.8.